The minimum absolute atomic E-state index is 0.121. The zero-order valence-electron chi connectivity index (χ0n) is 15.3. The van der Waals surface area contributed by atoms with E-state index in [0.29, 0.717) is 28.1 Å². The molecular weight excluding hydrogens is 344 g/mol. The highest BCUT2D eigenvalue weighted by Gasteiger charge is 2.30. The molecule has 0 radical (unpaired) electrons. The first-order chi connectivity index (χ1) is 11.6. The van der Waals surface area contributed by atoms with Crippen LogP contribution in [0.3, 0.4) is 0 Å². The molecule has 1 amide bonds. The van der Waals surface area contributed by atoms with Crippen LogP contribution in [0, 0.1) is 6.92 Å². The van der Waals surface area contributed by atoms with E-state index in [1.54, 1.807) is 33.8 Å². The number of carbonyl (C=O) groups is 1. The second-order valence-electron chi connectivity index (χ2n) is 6.87. The number of aromatic nitrogens is 2. The first kappa shape index (κ1) is 19.1. The molecule has 0 atom stereocenters. The van der Waals surface area contributed by atoms with Crippen molar-refractivity contribution in [3.8, 4) is 0 Å². The molecule has 0 fully saturated rings. The summed E-state index contributed by atoms with van der Waals surface area (Å²) in [7, 11) is 0. The number of oxazole rings is 1. The second kappa shape index (κ2) is 7.31. The molecule has 0 bridgehead atoms. The van der Waals surface area contributed by atoms with Gasteiger partial charge in [0.15, 0.2) is 12.2 Å². The molecular formula is C17H23ClN4O3. The lowest BCUT2D eigenvalue weighted by Gasteiger charge is -2.28. The van der Waals surface area contributed by atoms with Gasteiger partial charge in [-0.3, -0.25) is 0 Å². The van der Waals surface area contributed by atoms with Gasteiger partial charge in [0.25, 0.3) is 0 Å². The van der Waals surface area contributed by atoms with Crippen molar-refractivity contribution in [2.45, 2.75) is 53.2 Å². The molecule has 1 N–H and O–H groups in total. The summed E-state index contributed by atoms with van der Waals surface area (Å²) < 4.78 is 10.8. The number of ether oxygens (including phenoxy) is 1. The van der Waals surface area contributed by atoms with Crippen molar-refractivity contribution in [2.24, 2.45) is 0 Å². The molecule has 0 unspecified atom stereocenters. The number of carbonyl (C=O) groups excluding carboxylic acids is 1. The average molecular weight is 367 g/mol. The van der Waals surface area contributed by atoms with E-state index in [1.807, 2.05) is 13.8 Å². The first-order valence-electron chi connectivity index (χ1n) is 7.94. The normalized spacial score (nSPS) is 11.5. The molecule has 0 aliphatic rings. The lowest BCUT2D eigenvalue weighted by molar-refractivity contribution is 0.0598. The highest BCUT2D eigenvalue weighted by atomic mass is 35.5. The number of hydrogen-bond acceptors (Lipinski definition) is 6. The van der Waals surface area contributed by atoms with Gasteiger partial charge >= 0.3 is 6.09 Å². The van der Waals surface area contributed by atoms with Crippen LogP contribution in [0.4, 0.5) is 22.0 Å². The van der Waals surface area contributed by atoms with E-state index in [1.165, 1.54) is 17.5 Å². The van der Waals surface area contributed by atoms with Crippen molar-refractivity contribution in [3.63, 3.8) is 0 Å². The lowest BCUT2D eigenvalue weighted by Crippen LogP contribution is -2.35. The Hall–Kier alpha value is -2.28. The van der Waals surface area contributed by atoms with Crippen molar-refractivity contribution in [1.29, 1.82) is 0 Å². The van der Waals surface area contributed by atoms with Crippen molar-refractivity contribution in [2.75, 3.05) is 10.2 Å². The van der Waals surface area contributed by atoms with Gasteiger partial charge in [0.1, 0.15) is 16.5 Å². The molecule has 2 aromatic heterocycles. The number of pyridine rings is 1. The van der Waals surface area contributed by atoms with E-state index in [4.69, 9.17) is 20.8 Å². The minimum atomic E-state index is -0.668. The van der Waals surface area contributed by atoms with Crippen LogP contribution < -0.4 is 10.2 Å². The zero-order valence-corrected chi connectivity index (χ0v) is 16.0. The maximum atomic E-state index is 12.9. The summed E-state index contributed by atoms with van der Waals surface area (Å²) in [6, 6.07) is 1.78. The summed E-state index contributed by atoms with van der Waals surface area (Å²) >= 11 is 6.03. The summed E-state index contributed by atoms with van der Waals surface area (Å²) in [5, 5.41) is 3.57. The van der Waals surface area contributed by atoms with Gasteiger partial charge in [-0.25, -0.2) is 14.7 Å². The SMILES string of the molecule is Cc1ocnc1N(C(=O)OC(C)(C)C)c1cnc(Cl)cc1NC(C)C. The highest BCUT2D eigenvalue weighted by molar-refractivity contribution is 6.29. The average Bonchev–Trinajstić information content (AvgIpc) is 2.85. The summed E-state index contributed by atoms with van der Waals surface area (Å²) in [4.78, 5) is 22.5. The van der Waals surface area contributed by atoms with Crippen LogP contribution in [-0.4, -0.2) is 27.7 Å². The van der Waals surface area contributed by atoms with Gasteiger partial charge in [-0.05, 0) is 41.5 Å². The molecule has 2 heterocycles. The fourth-order valence-corrected chi connectivity index (χ4v) is 2.31. The Morgan fingerprint density at radius 2 is 2.04 bits per heavy atom. The fraction of sp³-hybridized carbons (Fsp3) is 0.471. The van der Waals surface area contributed by atoms with Crippen LogP contribution in [0.5, 0.6) is 0 Å². The van der Waals surface area contributed by atoms with Crippen LogP contribution in [-0.2, 0) is 4.74 Å². The number of anilines is 3. The number of halogens is 1. The highest BCUT2D eigenvalue weighted by Crippen LogP contribution is 2.35. The molecule has 2 aromatic rings. The molecule has 0 spiro atoms. The minimum Gasteiger partial charge on any atom is -0.446 e. The molecule has 0 saturated heterocycles. The smallest absolute Gasteiger partial charge is 0.420 e. The van der Waals surface area contributed by atoms with E-state index in [0.717, 1.165) is 0 Å². The Labute approximate surface area is 152 Å². The third kappa shape index (κ3) is 4.85. The third-order valence-electron chi connectivity index (χ3n) is 3.04. The molecule has 0 aromatic carbocycles. The molecule has 0 saturated carbocycles. The van der Waals surface area contributed by atoms with E-state index in [9.17, 15) is 4.79 Å². The second-order valence-corrected chi connectivity index (χ2v) is 7.26. The van der Waals surface area contributed by atoms with E-state index < -0.39 is 11.7 Å². The topological polar surface area (TPSA) is 80.5 Å². The van der Waals surface area contributed by atoms with Crippen molar-refractivity contribution in [1.82, 2.24) is 9.97 Å². The molecule has 25 heavy (non-hydrogen) atoms. The molecule has 136 valence electrons. The molecule has 0 aliphatic heterocycles. The van der Waals surface area contributed by atoms with Gasteiger partial charge in [0.05, 0.1) is 17.6 Å². The van der Waals surface area contributed by atoms with Crippen molar-refractivity contribution < 1.29 is 13.9 Å². The van der Waals surface area contributed by atoms with Crippen LogP contribution in [0.1, 0.15) is 40.4 Å². The predicted molar refractivity (Wildman–Crippen MR) is 97.6 cm³/mol. The summed E-state index contributed by atoms with van der Waals surface area (Å²) in [5.41, 5.74) is 0.450. The van der Waals surface area contributed by atoms with Gasteiger partial charge in [-0.2, -0.15) is 4.98 Å². The summed E-state index contributed by atoms with van der Waals surface area (Å²) in [6.07, 6.45) is 2.20. The largest absolute Gasteiger partial charge is 0.446 e. The number of amides is 1. The molecule has 0 aliphatic carbocycles. The van der Waals surface area contributed by atoms with Crippen molar-refractivity contribution >= 4 is 34.9 Å². The molecule has 8 heteroatoms. The number of hydrogen-bond donors (Lipinski definition) is 1. The van der Waals surface area contributed by atoms with Crippen LogP contribution in [0.25, 0.3) is 0 Å². The van der Waals surface area contributed by atoms with Crippen molar-refractivity contribution in [3.05, 3.63) is 29.6 Å². The third-order valence-corrected chi connectivity index (χ3v) is 3.25. The van der Waals surface area contributed by atoms with Gasteiger partial charge in [-0.15, -0.1) is 0 Å². The number of nitrogens with one attached hydrogen (secondary N) is 1. The monoisotopic (exact) mass is 366 g/mol. The number of nitrogens with zero attached hydrogens (tertiary/aromatic N) is 3. The molecule has 7 nitrogen and oxygen atoms in total. The zero-order chi connectivity index (χ0) is 18.8. The molecule has 2 rings (SSSR count). The Kier molecular flexibility index (Phi) is 5.57. The standard InChI is InChI=1S/C17H23ClN4O3/c1-10(2)21-12-7-14(18)19-8-13(12)22(15-11(3)24-9-20-15)16(23)25-17(4,5)6/h7-10H,1-6H3,(H,19,21). The Morgan fingerprint density at radius 1 is 1.36 bits per heavy atom. The summed E-state index contributed by atoms with van der Waals surface area (Å²) in [5.74, 6) is 0.821. The lowest BCUT2D eigenvalue weighted by atomic mass is 10.2. The number of rotatable bonds is 4. The van der Waals surface area contributed by atoms with Gasteiger partial charge < -0.3 is 14.5 Å². The predicted octanol–water partition coefficient (Wildman–Crippen LogP) is 4.92. The Balaban J connectivity index is 2.57. The Morgan fingerprint density at radius 3 is 2.56 bits per heavy atom. The van der Waals surface area contributed by atoms with E-state index >= 15 is 0 Å². The quantitative estimate of drug-likeness (QED) is 0.773. The maximum Gasteiger partial charge on any atom is 0.420 e. The van der Waals surface area contributed by atoms with Crippen LogP contribution in [0.15, 0.2) is 23.1 Å². The summed E-state index contributed by atoms with van der Waals surface area (Å²) in [6.45, 7) is 11.1. The van der Waals surface area contributed by atoms with E-state index in [2.05, 4.69) is 15.3 Å². The van der Waals surface area contributed by atoms with Crippen LogP contribution in [0.2, 0.25) is 5.15 Å². The van der Waals surface area contributed by atoms with Gasteiger partial charge in [-0.1, -0.05) is 11.6 Å². The first-order valence-corrected chi connectivity index (χ1v) is 8.31. The maximum absolute atomic E-state index is 12.9. The number of aryl methyl sites for hydroxylation is 1. The fourth-order valence-electron chi connectivity index (χ4n) is 2.15. The van der Waals surface area contributed by atoms with Crippen LogP contribution >= 0.6 is 11.6 Å². The van der Waals surface area contributed by atoms with Gasteiger partial charge in [0.2, 0.25) is 0 Å². The Bertz CT molecular complexity index is 753. The van der Waals surface area contributed by atoms with Gasteiger partial charge in [0, 0.05) is 12.1 Å². The van der Waals surface area contributed by atoms with E-state index in [-0.39, 0.29) is 6.04 Å².